The molecular weight excluding hydrogens is 395 g/mol. The highest BCUT2D eigenvalue weighted by Crippen LogP contribution is 2.47. The summed E-state index contributed by atoms with van der Waals surface area (Å²) in [5, 5.41) is 3.26. The number of nitrogens with zero attached hydrogens (tertiary/aromatic N) is 1. The Kier molecular flexibility index (Phi) is 4.13. The molecule has 2 aromatic heterocycles. The summed E-state index contributed by atoms with van der Waals surface area (Å²) < 4.78 is 44.3. The molecule has 30 heavy (non-hydrogen) atoms. The van der Waals surface area contributed by atoms with Crippen LogP contribution >= 0.6 is 0 Å². The lowest BCUT2D eigenvalue weighted by Gasteiger charge is -2.11. The third kappa shape index (κ3) is 3.32. The van der Waals surface area contributed by atoms with E-state index in [-0.39, 0.29) is 17.7 Å². The molecule has 1 unspecified atom stereocenters. The Bertz CT molecular complexity index is 1220. The van der Waals surface area contributed by atoms with Gasteiger partial charge >= 0.3 is 6.18 Å². The lowest BCUT2D eigenvalue weighted by atomic mass is 10.1. The van der Waals surface area contributed by atoms with Gasteiger partial charge in [-0.3, -0.25) is 4.79 Å². The third-order valence-corrected chi connectivity index (χ3v) is 5.53. The highest BCUT2D eigenvalue weighted by Gasteiger charge is 2.46. The summed E-state index contributed by atoms with van der Waals surface area (Å²) in [5.74, 6) is 0.944. The average Bonchev–Trinajstić information content (AvgIpc) is 3.20. The number of H-pyrrole nitrogens is 1. The van der Waals surface area contributed by atoms with Crippen LogP contribution in [0, 0.1) is 5.92 Å². The maximum absolute atomic E-state index is 12.9. The van der Waals surface area contributed by atoms with Crippen LogP contribution in [0.15, 0.2) is 52.9 Å². The van der Waals surface area contributed by atoms with Gasteiger partial charge in [-0.05, 0) is 49.7 Å². The SMILES string of the molecule is CC(NC(=O)[C@H]1C[C@@H]1c1nc2ccccc2[nH]1)c1cc2cc(C(F)(F)F)ccc2o1. The lowest BCUT2D eigenvalue weighted by molar-refractivity contribution is -0.137. The molecule has 2 N–H and O–H groups in total. The number of aromatic amines is 1. The van der Waals surface area contributed by atoms with E-state index in [2.05, 4.69) is 15.3 Å². The summed E-state index contributed by atoms with van der Waals surface area (Å²) in [5.41, 5.74) is 1.43. The van der Waals surface area contributed by atoms with Crippen molar-refractivity contribution in [2.45, 2.75) is 31.5 Å². The number of hydrogen-bond acceptors (Lipinski definition) is 3. The molecule has 3 atom stereocenters. The van der Waals surface area contributed by atoms with Gasteiger partial charge in [0.2, 0.25) is 5.91 Å². The quantitative estimate of drug-likeness (QED) is 0.476. The zero-order chi connectivity index (χ0) is 21.0. The zero-order valence-corrected chi connectivity index (χ0v) is 16.0. The van der Waals surface area contributed by atoms with E-state index in [1.54, 1.807) is 13.0 Å². The van der Waals surface area contributed by atoms with Crippen molar-refractivity contribution in [1.82, 2.24) is 15.3 Å². The maximum Gasteiger partial charge on any atom is 0.416 e. The van der Waals surface area contributed by atoms with Crippen LogP contribution < -0.4 is 5.32 Å². The summed E-state index contributed by atoms with van der Waals surface area (Å²) >= 11 is 0. The fourth-order valence-electron chi connectivity index (χ4n) is 3.78. The summed E-state index contributed by atoms with van der Waals surface area (Å²) in [6, 6.07) is 12.1. The van der Waals surface area contributed by atoms with Crippen molar-refractivity contribution in [2.75, 3.05) is 0 Å². The predicted octanol–water partition coefficient (Wildman–Crippen LogP) is 5.31. The minimum Gasteiger partial charge on any atom is -0.459 e. The number of halogens is 3. The fraction of sp³-hybridized carbons (Fsp3) is 0.273. The molecule has 0 radical (unpaired) electrons. The molecule has 2 aromatic carbocycles. The topological polar surface area (TPSA) is 70.9 Å². The van der Waals surface area contributed by atoms with E-state index in [9.17, 15) is 18.0 Å². The summed E-state index contributed by atoms with van der Waals surface area (Å²) in [6.07, 6.45) is -3.71. The van der Waals surface area contributed by atoms with Crippen LogP contribution in [-0.2, 0) is 11.0 Å². The summed E-state index contributed by atoms with van der Waals surface area (Å²) in [6.45, 7) is 1.75. The normalized spacial score (nSPS) is 19.9. The number of rotatable bonds is 4. The number of nitrogens with one attached hydrogen (secondary N) is 2. The second-order valence-electron chi connectivity index (χ2n) is 7.72. The summed E-state index contributed by atoms with van der Waals surface area (Å²) in [4.78, 5) is 20.5. The van der Waals surface area contributed by atoms with Crippen LogP contribution in [0.5, 0.6) is 0 Å². The number of aromatic nitrogens is 2. The predicted molar refractivity (Wildman–Crippen MR) is 105 cm³/mol. The van der Waals surface area contributed by atoms with Crippen LogP contribution in [0.25, 0.3) is 22.0 Å². The molecule has 0 saturated heterocycles. The minimum atomic E-state index is -4.41. The number of carbonyl (C=O) groups is 1. The largest absolute Gasteiger partial charge is 0.459 e. The number of benzene rings is 2. The lowest BCUT2D eigenvalue weighted by Crippen LogP contribution is -2.28. The molecule has 4 aromatic rings. The molecule has 5 rings (SSSR count). The van der Waals surface area contributed by atoms with E-state index in [4.69, 9.17) is 4.42 Å². The first-order valence-corrected chi connectivity index (χ1v) is 9.65. The Balaban J connectivity index is 1.28. The van der Waals surface area contributed by atoms with Gasteiger partial charge in [0, 0.05) is 17.2 Å². The highest BCUT2D eigenvalue weighted by molar-refractivity contribution is 5.84. The first-order valence-electron chi connectivity index (χ1n) is 9.65. The van der Waals surface area contributed by atoms with Gasteiger partial charge in [-0.25, -0.2) is 4.98 Å². The number of alkyl halides is 3. The van der Waals surface area contributed by atoms with Gasteiger partial charge in [0.15, 0.2) is 0 Å². The number of fused-ring (bicyclic) bond motifs is 2. The number of hydrogen-bond donors (Lipinski definition) is 2. The number of furan rings is 1. The molecule has 5 nitrogen and oxygen atoms in total. The number of amides is 1. The van der Waals surface area contributed by atoms with Crippen LogP contribution in [0.4, 0.5) is 13.2 Å². The van der Waals surface area contributed by atoms with Gasteiger partial charge in [-0.15, -0.1) is 0 Å². The Morgan fingerprint density at radius 1 is 1.23 bits per heavy atom. The Morgan fingerprint density at radius 3 is 2.80 bits per heavy atom. The van der Waals surface area contributed by atoms with Crippen molar-refractivity contribution >= 4 is 27.9 Å². The van der Waals surface area contributed by atoms with E-state index in [1.807, 2.05) is 24.3 Å². The average molecular weight is 413 g/mol. The van der Waals surface area contributed by atoms with Crippen LogP contribution in [-0.4, -0.2) is 15.9 Å². The molecular formula is C22H18F3N3O2. The maximum atomic E-state index is 12.9. The fourth-order valence-corrected chi connectivity index (χ4v) is 3.78. The molecule has 1 aliphatic carbocycles. The van der Waals surface area contributed by atoms with E-state index >= 15 is 0 Å². The van der Waals surface area contributed by atoms with Gasteiger partial charge < -0.3 is 14.7 Å². The number of para-hydroxylation sites is 2. The molecule has 0 spiro atoms. The van der Waals surface area contributed by atoms with Crippen molar-refractivity contribution in [1.29, 1.82) is 0 Å². The van der Waals surface area contributed by atoms with E-state index in [1.165, 1.54) is 6.07 Å². The van der Waals surface area contributed by atoms with Gasteiger partial charge in [0.05, 0.1) is 22.6 Å². The molecule has 154 valence electrons. The van der Waals surface area contributed by atoms with Crippen molar-refractivity contribution in [2.24, 2.45) is 5.92 Å². The van der Waals surface area contributed by atoms with E-state index in [0.29, 0.717) is 23.2 Å². The van der Waals surface area contributed by atoms with E-state index < -0.39 is 17.8 Å². The molecule has 1 amide bonds. The summed E-state index contributed by atoms with van der Waals surface area (Å²) in [7, 11) is 0. The van der Waals surface area contributed by atoms with Crippen LogP contribution in [0.3, 0.4) is 0 Å². The molecule has 1 aliphatic rings. The number of carbonyl (C=O) groups excluding carboxylic acids is 1. The Morgan fingerprint density at radius 2 is 2.03 bits per heavy atom. The Labute approximate surface area is 169 Å². The molecule has 0 aliphatic heterocycles. The monoisotopic (exact) mass is 413 g/mol. The Hall–Kier alpha value is -3.29. The molecule has 1 saturated carbocycles. The van der Waals surface area contributed by atoms with Crippen LogP contribution in [0.1, 0.15) is 42.5 Å². The van der Waals surface area contributed by atoms with Crippen molar-refractivity contribution in [3.63, 3.8) is 0 Å². The van der Waals surface area contributed by atoms with Gasteiger partial charge in [-0.1, -0.05) is 12.1 Å². The van der Waals surface area contributed by atoms with E-state index in [0.717, 1.165) is 29.0 Å². The van der Waals surface area contributed by atoms with Gasteiger partial charge in [0.1, 0.15) is 17.2 Å². The molecule has 1 fully saturated rings. The first-order chi connectivity index (χ1) is 14.3. The molecule has 8 heteroatoms. The number of imidazole rings is 1. The van der Waals surface area contributed by atoms with Crippen molar-refractivity contribution in [3.8, 4) is 0 Å². The molecule has 0 bridgehead atoms. The van der Waals surface area contributed by atoms with Gasteiger partial charge in [-0.2, -0.15) is 13.2 Å². The van der Waals surface area contributed by atoms with Gasteiger partial charge in [0.25, 0.3) is 0 Å². The smallest absolute Gasteiger partial charge is 0.416 e. The molecule has 2 heterocycles. The van der Waals surface area contributed by atoms with Crippen molar-refractivity contribution in [3.05, 3.63) is 65.7 Å². The highest BCUT2D eigenvalue weighted by atomic mass is 19.4. The third-order valence-electron chi connectivity index (χ3n) is 5.53. The second-order valence-corrected chi connectivity index (χ2v) is 7.72. The second kappa shape index (κ2) is 6.62. The van der Waals surface area contributed by atoms with Crippen molar-refractivity contribution < 1.29 is 22.4 Å². The minimum absolute atomic E-state index is 0.0367. The first kappa shape index (κ1) is 18.7. The zero-order valence-electron chi connectivity index (χ0n) is 16.0. The van der Waals surface area contributed by atoms with Crippen LogP contribution in [0.2, 0.25) is 0 Å². The standard InChI is InChI=1S/C22H18F3N3O2/c1-11(19-9-12-8-13(22(23,24)25)6-7-18(12)30-19)26-21(29)15-10-14(15)20-27-16-4-2-3-5-17(16)28-20/h2-9,11,14-15H,10H2,1H3,(H,26,29)(H,27,28)/t11?,14-,15-/m0/s1.